The van der Waals surface area contributed by atoms with E-state index in [4.69, 9.17) is 9.98 Å². The topological polar surface area (TPSA) is 60.5 Å². The molecule has 1 heterocycles. The summed E-state index contributed by atoms with van der Waals surface area (Å²) in [6.07, 6.45) is 20.6. The smallest absolute Gasteiger partial charge is 0.159 e. The van der Waals surface area contributed by atoms with Gasteiger partial charge in [0.05, 0.1) is 22.7 Å². The van der Waals surface area contributed by atoms with Crippen molar-refractivity contribution in [2.45, 2.75) is 32.1 Å². The van der Waals surface area contributed by atoms with Crippen LogP contribution in [-0.4, -0.2) is 11.5 Å². The molecule has 6 aromatic carbocycles. The molecular weight excluding hydrogens is 741 g/mol. The molecule has 3 aliphatic rings. The fourth-order valence-corrected chi connectivity index (χ4v) is 9.12. The first-order valence-electron chi connectivity index (χ1n) is 20.8. The van der Waals surface area contributed by atoms with Crippen molar-refractivity contribution in [3.05, 3.63) is 257 Å². The molecule has 0 bridgehead atoms. The van der Waals surface area contributed by atoms with E-state index in [2.05, 4.69) is 171 Å². The standard InChI is InChI=1S/C57H46N4/c1-40(43-21-8-4-9-22-43)60-55(61-41(2)56(3)32-17-7-18-33-56)46-36-42(39-58)35-45(37-46)51-28-12-6-19-34-59-54-31-16-15-29-53(54)57(51,47-24-10-5-11-25-47)52-30-20-27-49-48-26-14-13-23-44(48)38-50(49)52/h4-32,34-37,59H,1,33,38H2,2-3H3/b12-6-,34-19+,51-28+,60-55-,61-41+. The lowest BCUT2D eigenvalue weighted by atomic mass is 9.61. The summed E-state index contributed by atoms with van der Waals surface area (Å²) in [5.74, 6) is 0.497. The second-order valence-corrected chi connectivity index (χ2v) is 16.1. The Bertz CT molecular complexity index is 2930. The van der Waals surface area contributed by atoms with Crippen LogP contribution in [0.3, 0.4) is 0 Å². The van der Waals surface area contributed by atoms with Gasteiger partial charge in [0.25, 0.3) is 0 Å². The number of nitriles is 1. The van der Waals surface area contributed by atoms with Crippen molar-refractivity contribution < 1.29 is 0 Å². The van der Waals surface area contributed by atoms with Gasteiger partial charge in [-0.2, -0.15) is 5.26 Å². The number of anilines is 1. The quantitative estimate of drug-likeness (QED) is 0.129. The molecule has 0 saturated heterocycles. The second kappa shape index (κ2) is 16.6. The van der Waals surface area contributed by atoms with Gasteiger partial charge in [0.15, 0.2) is 5.84 Å². The lowest BCUT2D eigenvalue weighted by Gasteiger charge is -2.41. The molecule has 2 aliphatic carbocycles. The third kappa shape index (κ3) is 7.26. The van der Waals surface area contributed by atoms with Crippen LogP contribution in [0.1, 0.15) is 70.3 Å². The van der Waals surface area contributed by atoms with Crippen molar-refractivity contribution in [2.24, 2.45) is 15.4 Å². The van der Waals surface area contributed by atoms with Crippen molar-refractivity contribution in [3.63, 3.8) is 0 Å². The Morgan fingerprint density at radius 1 is 0.705 bits per heavy atom. The predicted octanol–water partition coefficient (Wildman–Crippen LogP) is 13.4. The van der Waals surface area contributed by atoms with Crippen LogP contribution in [0.5, 0.6) is 0 Å². The molecule has 4 heteroatoms. The van der Waals surface area contributed by atoms with Gasteiger partial charge in [0.2, 0.25) is 0 Å². The van der Waals surface area contributed by atoms with Crippen LogP contribution in [-0.2, 0) is 11.8 Å². The molecule has 61 heavy (non-hydrogen) atoms. The van der Waals surface area contributed by atoms with Gasteiger partial charge in [0, 0.05) is 28.6 Å². The zero-order valence-electron chi connectivity index (χ0n) is 34.5. The lowest BCUT2D eigenvalue weighted by Crippen LogP contribution is -2.33. The highest BCUT2D eigenvalue weighted by atomic mass is 14.9. The van der Waals surface area contributed by atoms with Crippen molar-refractivity contribution in [1.29, 1.82) is 5.26 Å². The van der Waals surface area contributed by atoms with Crippen LogP contribution >= 0.6 is 0 Å². The number of benzene rings is 6. The van der Waals surface area contributed by atoms with Gasteiger partial charge in [0.1, 0.15) is 0 Å². The highest BCUT2D eigenvalue weighted by Crippen LogP contribution is 2.55. The predicted molar refractivity (Wildman–Crippen MR) is 255 cm³/mol. The van der Waals surface area contributed by atoms with Crippen molar-refractivity contribution in [2.75, 3.05) is 5.32 Å². The minimum Gasteiger partial charge on any atom is -0.361 e. The highest BCUT2D eigenvalue weighted by Gasteiger charge is 2.45. The molecule has 0 fully saturated rings. The molecule has 6 aromatic rings. The van der Waals surface area contributed by atoms with Gasteiger partial charge in [-0.25, -0.2) is 9.98 Å². The number of nitrogens with one attached hydrogen (secondary N) is 1. The van der Waals surface area contributed by atoms with E-state index in [1.807, 2.05) is 60.8 Å². The maximum absolute atomic E-state index is 10.9. The molecule has 4 nitrogen and oxygen atoms in total. The first kappa shape index (κ1) is 38.9. The number of nitrogens with zero attached hydrogens (tertiary/aromatic N) is 3. The van der Waals surface area contributed by atoms with Gasteiger partial charge in [-0.3, -0.25) is 0 Å². The van der Waals surface area contributed by atoms with E-state index in [0.717, 1.165) is 57.6 Å². The molecule has 9 rings (SSSR count). The summed E-state index contributed by atoms with van der Waals surface area (Å²) in [6.45, 7) is 8.69. The summed E-state index contributed by atoms with van der Waals surface area (Å²) < 4.78 is 0. The minimum atomic E-state index is -0.879. The Labute approximate surface area is 359 Å². The van der Waals surface area contributed by atoms with Crippen LogP contribution in [0, 0.1) is 16.7 Å². The van der Waals surface area contributed by atoms with Crippen LogP contribution in [0.2, 0.25) is 0 Å². The molecule has 0 aromatic heterocycles. The molecule has 0 radical (unpaired) electrons. The average Bonchev–Trinajstić information content (AvgIpc) is 3.70. The number of aliphatic imine (C=N–C) groups is 2. The van der Waals surface area contributed by atoms with Crippen molar-refractivity contribution >= 4 is 28.5 Å². The normalized spacial score (nSPS) is 21.1. The summed E-state index contributed by atoms with van der Waals surface area (Å²) in [7, 11) is 0. The molecule has 2 atom stereocenters. The van der Waals surface area contributed by atoms with Crippen LogP contribution < -0.4 is 5.32 Å². The molecule has 1 N–H and O–H groups in total. The SMILES string of the molecule is C=C(/N=C(\N=C(/C)C1(C)C=CC=CC1)c1cc(C#N)cc(\C2=C/C=C\C=C\Nc3ccccc3C2(c2ccccc2)c2cccc3c2Cc2ccccc2-3)c1)c1ccccc1. The Hall–Kier alpha value is -7.61. The van der Waals surface area contributed by atoms with E-state index in [1.165, 1.54) is 27.8 Å². The van der Waals surface area contributed by atoms with Crippen molar-refractivity contribution in [3.8, 4) is 17.2 Å². The maximum atomic E-state index is 10.9. The van der Waals surface area contributed by atoms with Gasteiger partial charge in [-0.05, 0) is 106 Å². The fourth-order valence-electron chi connectivity index (χ4n) is 9.12. The lowest BCUT2D eigenvalue weighted by molar-refractivity contribution is 0.599. The van der Waals surface area contributed by atoms with E-state index >= 15 is 0 Å². The third-order valence-electron chi connectivity index (χ3n) is 12.3. The van der Waals surface area contributed by atoms with Gasteiger partial charge < -0.3 is 5.32 Å². The molecule has 294 valence electrons. The Balaban J connectivity index is 1.36. The van der Waals surface area contributed by atoms with E-state index in [9.17, 15) is 5.26 Å². The number of amidine groups is 1. The molecule has 0 amide bonds. The summed E-state index contributed by atoms with van der Waals surface area (Å²) in [6, 6.07) is 53.5. The fraction of sp³-hybridized carbons (Fsp3) is 0.105. The zero-order valence-corrected chi connectivity index (χ0v) is 34.5. The number of fused-ring (bicyclic) bond motifs is 4. The molecular formula is C57H46N4. The van der Waals surface area contributed by atoms with Crippen LogP contribution in [0.4, 0.5) is 5.69 Å². The van der Waals surface area contributed by atoms with E-state index in [1.54, 1.807) is 0 Å². The highest BCUT2D eigenvalue weighted by molar-refractivity contribution is 6.10. The summed E-state index contributed by atoms with van der Waals surface area (Å²) in [4.78, 5) is 10.5. The Kier molecular flexibility index (Phi) is 10.6. The largest absolute Gasteiger partial charge is 0.361 e. The molecule has 0 spiro atoms. The molecule has 2 unspecified atom stereocenters. The Morgan fingerprint density at radius 3 is 2.25 bits per heavy atom. The summed E-state index contributed by atoms with van der Waals surface area (Å²) >= 11 is 0. The number of hydrogen-bond acceptors (Lipinski definition) is 3. The monoisotopic (exact) mass is 786 g/mol. The van der Waals surface area contributed by atoms with Gasteiger partial charge >= 0.3 is 0 Å². The second-order valence-electron chi connectivity index (χ2n) is 16.1. The average molecular weight is 787 g/mol. The van der Waals surface area contributed by atoms with Gasteiger partial charge in [-0.1, -0.05) is 177 Å². The van der Waals surface area contributed by atoms with Crippen molar-refractivity contribution in [1.82, 2.24) is 0 Å². The van der Waals surface area contributed by atoms with E-state index in [-0.39, 0.29) is 5.41 Å². The summed E-state index contributed by atoms with van der Waals surface area (Å²) in [5, 5.41) is 14.5. The first-order chi connectivity index (χ1) is 29.9. The number of hydrogen-bond donors (Lipinski definition) is 1. The number of para-hydroxylation sites is 1. The number of allylic oxidation sites excluding steroid dienone is 9. The number of rotatable bonds is 7. The maximum Gasteiger partial charge on any atom is 0.159 e. The minimum absolute atomic E-state index is 0.305. The van der Waals surface area contributed by atoms with E-state index in [0.29, 0.717) is 17.1 Å². The third-order valence-corrected chi connectivity index (χ3v) is 12.3. The van der Waals surface area contributed by atoms with Gasteiger partial charge in [-0.15, -0.1) is 0 Å². The summed E-state index contributed by atoms with van der Waals surface area (Å²) in [5.41, 5.74) is 13.8. The molecule has 0 saturated carbocycles. The van der Waals surface area contributed by atoms with Crippen LogP contribution in [0.25, 0.3) is 22.4 Å². The van der Waals surface area contributed by atoms with Crippen LogP contribution in [0.15, 0.2) is 217 Å². The van der Waals surface area contributed by atoms with E-state index < -0.39 is 5.41 Å². The zero-order chi connectivity index (χ0) is 41.8. The molecule has 1 aliphatic heterocycles. The first-order valence-corrected chi connectivity index (χ1v) is 20.8. The Morgan fingerprint density at radius 2 is 1.44 bits per heavy atom.